The monoisotopic (exact) mass is 363 g/mol. The van der Waals surface area contributed by atoms with Crippen molar-refractivity contribution < 1.29 is 9.59 Å². The van der Waals surface area contributed by atoms with Gasteiger partial charge in [0.2, 0.25) is 11.8 Å². The van der Waals surface area contributed by atoms with Gasteiger partial charge in [-0.2, -0.15) is 0 Å². The first-order valence-corrected chi connectivity index (χ1v) is 8.21. The number of aromatic nitrogens is 1. The minimum atomic E-state index is -0.761. The molecule has 0 spiro atoms. The van der Waals surface area contributed by atoms with Crippen molar-refractivity contribution in [3.8, 4) is 0 Å². The molecule has 2 amide bonds. The van der Waals surface area contributed by atoms with Gasteiger partial charge in [0.1, 0.15) is 11.7 Å². The largest absolute Gasteiger partial charge is 0.310 e. The smallest absolute Gasteiger partial charge is 0.239 e. The summed E-state index contributed by atoms with van der Waals surface area (Å²) in [7, 11) is 0. The maximum absolute atomic E-state index is 12.6. The summed E-state index contributed by atoms with van der Waals surface area (Å²) in [6.45, 7) is 2.32. The lowest BCUT2D eigenvalue weighted by molar-refractivity contribution is -0.129. The summed E-state index contributed by atoms with van der Waals surface area (Å²) >= 11 is 12.1. The number of nitrogens with zero attached hydrogens (tertiary/aromatic N) is 2. The quantitative estimate of drug-likeness (QED) is 0.845. The zero-order chi connectivity index (χ0) is 17.3. The zero-order valence-electron chi connectivity index (χ0n) is 12.9. The van der Waals surface area contributed by atoms with E-state index in [4.69, 9.17) is 23.2 Å². The predicted octanol–water partition coefficient (Wildman–Crippen LogP) is 3.69. The molecular weight excluding hydrogens is 349 g/mol. The number of nitrogens with one attached hydrogen (secondary N) is 1. The van der Waals surface area contributed by atoms with E-state index in [1.165, 1.54) is 4.90 Å². The number of benzene rings is 1. The van der Waals surface area contributed by atoms with E-state index in [2.05, 4.69) is 10.3 Å². The second-order valence-corrected chi connectivity index (χ2v) is 6.48. The normalized spacial score (nSPS) is 17.2. The number of aryl methyl sites for hydroxylation is 1. The molecule has 0 radical (unpaired) electrons. The number of carbonyl (C=O) groups excluding carboxylic acids is 2. The standard InChI is InChI=1S/C17H15Cl2N3O2/c1-10-2-5-15(20-9-10)21-16(23)12-6-7-22(17(12)24)14-8-11(18)3-4-13(14)19/h2-5,8-9,12H,6-7H2,1H3,(H,20,21,23). The van der Waals surface area contributed by atoms with E-state index < -0.39 is 5.92 Å². The molecule has 1 aliphatic rings. The van der Waals surface area contributed by atoms with Crippen molar-refractivity contribution in [1.82, 2.24) is 4.98 Å². The van der Waals surface area contributed by atoms with E-state index in [9.17, 15) is 9.59 Å². The molecule has 1 fully saturated rings. The highest BCUT2D eigenvalue weighted by molar-refractivity contribution is 6.36. The first-order valence-electron chi connectivity index (χ1n) is 7.45. The molecule has 2 heterocycles. The highest BCUT2D eigenvalue weighted by atomic mass is 35.5. The number of hydrogen-bond donors (Lipinski definition) is 1. The topological polar surface area (TPSA) is 62.3 Å². The van der Waals surface area contributed by atoms with Crippen LogP contribution >= 0.6 is 23.2 Å². The van der Waals surface area contributed by atoms with Crippen molar-refractivity contribution in [1.29, 1.82) is 0 Å². The molecule has 1 aliphatic heterocycles. The number of rotatable bonds is 3. The first-order chi connectivity index (χ1) is 11.5. The van der Waals surface area contributed by atoms with E-state index in [0.717, 1.165) is 5.56 Å². The minimum absolute atomic E-state index is 0.288. The number of halogens is 2. The summed E-state index contributed by atoms with van der Waals surface area (Å²) in [5, 5.41) is 3.59. The van der Waals surface area contributed by atoms with Gasteiger partial charge in [0.15, 0.2) is 0 Å². The third-order valence-corrected chi connectivity index (χ3v) is 4.44. The summed E-state index contributed by atoms with van der Waals surface area (Å²) in [6, 6.07) is 8.47. The fourth-order valence-electron chi connectivity index (χ4n) is 2.61. The van der Waals surface area contributed by atoms with Crippen LogP contribution in [0.4, 0.5) is 11.5 Å². The molecule has 2 aromatic rings. The van der Waals surface area contributed by atoms with Crippen LogP contribution in [-0.4, -0.2) is 23.3 Å². The van der Waals surface area contributed by atoms with Gasteiger partial charge in [-0.1, -0.05) is 29.3 Å². The lowest BCUT2D eigenvalue weighted by Gasteiger charge is -2.18. The van der Waals surface area contributed by atoms with Crippen molar-refractivity contribution in [2.75, 3.05) is 16.8 Å². The van der Waals surface area contributed by atoms with Crippen LogP contribution in [0.15, 0.2) is 36.5 Å². The Morgan fingerprint density at radius 3 is 2.79 bits per heavy atom. The molecule has 0 saturated carbocycles. The van der Waals surface area contributed by atoms with Crippen LogP contribution in [0.25, 0.3) is 0 Å². The Morgan fingerprint density at radius 2 is 2.08 bits per heavy atom. The minimum Gasteiger partial charge on any atom is -0.310 e. The van der Waals surface area contributed by atoms with Crippen molar-refractivity contribution >= 4 is 46.5 Å². The van der Waals surface area contributed by atoms with Gasteiger partial charge in [0.05, 0.1) is 10.7 Å². The van der Waals surface area contributed by atoms with Crippen LogP contribution in [0, 0.1) is 12.8 Å². The van der Waals surface area contributed by atoms with Crippen LogP contribution in [0.5, 0.6) is 0 Å². The van der Waals surface area contributed by atoms with Gasteiger partial charge in [-0.05, 0) is 43.2 Å². The van der Waals surface area contributed by atoms with Gasteiger partial charge in [-0.15, -0.1) is 0 Å². The first kappa shape index (κ1) is 16.7. The average molecular weight is 364 g/mol. The third-order valence-electron chi connectivity index (χ3n) is 3.88. The highest BCUT2D eigenvalue weighted by Crippen LogP contribution is 2.33. The summed E-state index contributed by atoms with van der Waals surface area (Å²) in [4.78, 5) is 30.6. The van der Waals surface area contributed by atoms with E-state index in [1.807, 2.05) is 13.0 Å². The Kier molecular flexibility index (Phi) is 4.73. The van der Waals surface area contributed by atoms with Crippen molar-refractivity contribution in [2.24, 2.45) is 5.92 Å². The van der Waals surface area contributed by atoms with Gasteiger partial charge in [-0.25, -0.2) is 4.98 Å². The highest BCUT2D eigenvalue weighted by Gasteiger charge is 2.38. The van der Waals surface area contributed by atoms with Gasteiger partial charge < -0.3 is 10.2 Å². The Balaban J connectivity index is 1.74. The third kappa shape index (κ3) is 3.37. The average Bonchev–Trinajstić information content (AvgIpc) is 2.93. The molecule has 124 valence electrons. The van der Waals surface area contributed by atoms with Crippen LogP contribution in [0.1, 0.15) is 12.0 Å². The molecule has 0 bridgehead atoms. The van der Waals surface area contributed by atoms with Gasteiger partial charge in [-0.3, -0.25) is 9.59 Å². The van der Waals surface area contributed by atoms with E-state index in [0.29, 0.717) is 34.5 Å². The van der Waals surface area contributed by atoms with Gasteiger partial charge >= 0.3 is 0 Å². The van der Waals surface area contributed by atoms with E-state index in [1.54, 1.807) is 30.5 Å². The SMILES string of the molecule is Cc1ccc(NC(=O)C2CCN(c3cc(Cl)ccc3Cl)C2=O)nc1. The summed E-state index contributed by atoms with van der Waals surface area (Å²) in [5.41, 5.74) is 1.52. The van der Waals surface area contributed by atoms with Crippen molar-refractivity contribution in [2.45, 2.75) is 13.3 Å². The lowest BCUT2D eigenvalue weighted by atomic mass is 10.1. The molecule has 1 aromatic carbocycles. The molecule has 1 saturated heterocycles. The van der Waals surface area contributed by atoms with Crippen LogP contribution in [0.3, 0.4) is 0 Å². The van der Waals surface area contributed by atoms with Crippen molar-refractivity contribution in [3.05, 3.63) is 52.1 Å². The number of hydrogen-bond acceptors (Lipinski definition) is 3. The zero-order valence-corrected chi connectivity index (χ0v) is 14.4. The number of pyridine rings is 1. The Morgan fingerprint density at radius 1 is 1.29 bits per heavy atom. The molecule has 1 atom stereocenters. The number of carbonyl (C=O) groups is 2. The summed E-state index contributed by atoms with van der Waals surface area (Å²) < 4.78 is 0. The van der Waals surface area contributed by atoms with Crippen LogP contribution in [-0.2, 0) is 9.59 Å². The second kappa shape index (κ2) is 6.79. The molecule has 24 heavy (non-hydrogen) atoms. The molecule has 7 heteroatoms. The molecule has 3 rings (SSSR count). The van der Waals surface area contributed by atoms with Crippen molar-refractivity contribution in [3.63, 3.8) is 0 Å². The Labute approximate surface area is 149 Å². The second-order valence-electron chi connectivity index (χ2n) is 5.64. The molecular formula is C17H15Cl2N3O2. The molecule has 0 aliphatic carbocycles. The molecule has 1 N–H and O–H groups in total. The number of anilines is 2. The number of amides is 2. The summed E-state index contributed by atoms with van der Waals surface area (Å²) in [5.74, 6) is -0.985. The Hall–Kier alpha value is -2.11. The van der Waals surface area contributed by atoms with E-state index >= 15 is 0 Å². The maximum atomic E-state index is 12.6. The fourth-order valence-corrected chi connectivity index (χ4v) is 3.00. The lowest BCUT2D eigenvalue weighted by Crippen LogP contribution is -2.33. The van der Waals surface area contributed by atoms with Gasteiger partial charge in [0, 0.05) is 17.8 Å². The van der Waals surface area contributed by atoms with E-state index in [-0.39, 0.29) is 11.8 Å². The summed E-state index contributed by atoms with van der Waals surface area (Å²) in [6.07, 6.45) is 2.07. The maximum Gasteiger partial charge on any atom is 0.239 e. The molecule has 5 nitrogen and oxygen atoms in total. The predicted molar refractivity (Wildman–Crippen MR) is 94.5 cm³/mol. The molecule has 1 unspecified atom stereocenters. The van der Waals surface area contributed by atoms with Gasteiger partial charge in [0.25, 0.3) is 0 Å². The Bertz CT molecular complexity index is 793. The molecule has 1 aromatic heterocycles. The van der Waals surface area contributed by atoms with Crippen LogP contribution in [0.2, 0.25) is 10.0 Å². The van der Waals surface area contributed by atoms with Crippen LogP contribution < -0.4 is 10.2 Å². The fraction of sp³-hybridized carbons (Fsp3) is 0.235.